The molecule has 1 N–H and O–H groups in total. The Morgan fingerprint density at radius 2 is 1.85 bits per heavy atom. The number of nitrogens with one attached hydrogen (secondary N) is 1. The van der Waals surface area contributed by atoms with E-state index in [4.69, 9.17) is 11.6 Å². The van der Waals surface area contributed by atoms with Crippen LogP contribution in [0.1, 0.15) is 32.3 Å². The standard InChI is InChI=1S/C23H29ClFN3O4S/c1-4-26-23(30)17(2)27(16-18-9-5-6-12-21(18)25)22(29)13-8-14-28(33(3,31)32)20-11-7-10-19(24)15-20/h5-7,9-12,15,17H,4,8,13-14,16H2,1-3H3,(H,26,30)/t17-/m1/s1. The first-order valence-corrected chi connectivity index (χ1v) is 12.8. The van der Waals surface area contributed by atoms with Gasteiger partial charge in [-0.05, 0) is 44.5 Å². The van der Waals surface area contributed by atoms with E-state index >= 15 is 0 Å². The second kappa shape index (κ2) is 12.0. The molecule has 0 aliphatic carbocycles. The van der Waals surface area contributed by atoms with Crippen LogP contribution in [0.4, 0.5) is 10.1 Å². The van der Waals surface area contributed by atoms with Gasteiger partial charge in [-0.1, -0.05) is 35.9 Å². The van der Waals surface area contributed by atoms with Gasteiger partial charge < -0.3 is 10.2 Å². The zero-order chi connectivity index (χ0) is 24.6. The molecule has 0 aromatic heterocycles. The van der Waals surface area contributed by atoms with Crippen molar-refractivity contribution in [3.05, 3.63) is 64.9 Å². The Morgan fingerprint density at radius 1 is 1.15 bits per heavy atom. The molecule has 10 heteroatoms. The summed E-state index contributed by atoms with van der Waals surface area (Å²) in [5.74, 6) is -1.20. The Hall–Kier alpha value is -2.65. The fraction of sp³-hybridized carbons (Fsp3) is 0.391. The lowest BCUT2D eigenvalue weighted by Gasteiger charge is -2.29. The lowest BCUT2D eigenvalue weighted by molar-refractivity contribution is -0.140. The maximum atomic E-state index is 14.2. The molecule has 2 aromatic carbocycles. The first-order valence-electron chi connectivity index (χ1n) is 10.6. The number of rotatable bonds is 11. The number of halogens is 2. The summed E-state index contributed by atoms with van der Waals surface area (Å²) in [5, 5.41) is 3.07. The van der Waals surface area contributed by atoms with E-state index in [1.165, 1.54) is 21.3 Å². The predicted octanol–water partition coefficient (Wildman–Crippen LogP) is 3.58. The van der Waals surface area contributed by atoms with Crippen molar-refractivity contribution in [2.75, 3.05) is 23.7 Å². The molecule has 2 aromatic rings. The molecule has 0 heterocycles. The van der Waals surface area contributed by atoms with E-state index in [0.717, 1.165) is 6.26 Å². The number of carbonyl (C=O) groups excluding carboxylic acids is 2. The normalized spacial score (nSPS) is 12.2. The van der Waals surface area contributed by atoms with Crippen molar-refractivity contribution in [1.29, 1.82) is 0 Å². The number of carbonyl (C=O) groups is 2. The van der Waals surface area contributed by atoms with Crippen LogP contribution in [-0.4, -0.2) is 50.5 Å². The molecule has 0 radical (unpaired) electrons. The van der Waals surface area contributed by atoms with Gasteiger partial charge in [-0.25, -0.2) is 12.8 Å². The van der Waals surface area contributed by atoms with E-state index in [9.17, 15) is 22.4 Å². The molecule has 0 spiro atoms. The third kappa shape index (κ3) is 7.71. The van der Waals surface area contributed by atoms with Crippen molar-refractivity contribution in [3.8, 4) is 0 Å². The number of nitrogens with zero attached hydrogens (tertiary/aromatic N) is 2. The number of amides is 2. The van der Waals surface area contributed by atoms with Crippen LogP contribution in [-0.2, 0) is 26.2 Å². The topological polar surface area (TPSA) is 86.8 Å². The first kappa shape index (κ1) is 26.6. The van der Waals surface area contributed by atoms with Gasteiger partial charge in [-0.3, -0.25) is 13.9 Å². The summed E-state index contributed by atoms with van der Waals surface area (Å²) in [6, 6.07) is 11.7. The molecule has 0 aliphatic heterocycles. The summed E-state index contributed by atoms with van der Waals surface area (Å²) in [7, 11) is -3.61. The van der Waals surface area contributed by atoms with Crippen LogP contribution in [0.3, 0.4) is 0 Å². The predicted molar refractivity (Wildman–Crippen MR) is 128 cm³/mol. The van der Waals surface area contributed by atoms with Crippen LogP contribution < -0.4 is 9.62 Å². The van der Waals surface area contributed by atoms with Crippen molar-refractivity contribution < 1.29 is 22.4 Å². The minimum atomic E-state index is -3.61. The van der Waals surface area contributed by atoms with Crippen LogP contribution in [0.2, 0.25) is 5.02 Å². The van der Waals surface area contributed by atoms with E-state index in [0.29, 0.717) is 22.8 Å². The highest BCUT2D eigenvalue weighted by Crippen LogP contribution is 2.22. The highest BCUT2D eigenvalue weighted by Gasteiger charge is 2.27. The maximum Gasteiger partial charge on any atom is 0.242 e. The third-order valence-electron chi connectivity index (χ3n) is 5.07. The summed E-state index contributed by atoms with van der Waals surface area (Å²) in [6.45, 7) is 3.72. The Bertz CT molecular complexity index is 1080. The van der Waals surface area contributed by atoms with Crippen molar-refractivity contribution in [2.45, 2.75) is 39.3 Å². The highest BCUT2D eigenvalue weighted by molar-refractivity contribution is 7.92. The lowest BCUT2D eigenvalue weighted by Crippen LogP contribution is -2.47. The quantitative estimate of drug-likeness (QED) is 0.514. The molecule has 0 fully saturated rings. The fourth-order valence-electron chi connectivity index (χ4n) is 3.35. The molecule has 0 unspecified atom stereocenters. The largest absolute Gasteiger partial charge is 0.355 e. The molecule has 2 rings (SSSR count). The number of benzene rings is 2. The van der Waals surface area contributed by atoms with Gasteiger partial charge in [0.25, 0.3) is 0 Å². The van der Waals surface area contributed by atoms with Gasteiger partial charge in [0.2, 0.25) is 21.8 Å². The second-order valence-electron chi connectivity index (χ2n) is 7.60. The average Bonchev–Trinajstić information content (AvgIpc) is 2.74. The van der Waals surface area contributed by atoms with Gasteiger partial charge in [0.05, 0.1) is 11.9 Å². The van der Waals surface area contributed by atoms with Crippen molar-refractivity contribution in [1.82, 2.24) is 10.2 Å². The molecule has 33 heavy (non-hydrogen) atoms. The van der Waals surface area contributed by atoms with Gasteiger partial charge >= 0.3 is 0 Å². The van der Waals surface area contributed by atoms with Gasteiger partial charge in [0, 0.05) is 36.6 Å². The van der Waals surface area contributed by atoms with E-state index in [2.05, 4.69) is 5.32 Å². The van der Waals surface area contributed by atoms with Crippen LogP contribution in [0.15, 0.2) is 48.5 Å². The first-order chi connectivity index (χ1) is 15.5. The zero-order valence-corrected chi connectivity index (χ0v) is 20.5. The van der Waals surface area contributed by atoms with E-state index in [-0.39, 0.29) is 37.7 Å². The summed E-state index contributed by atoms with van der Waals surface area (Å²) >= 11 is 5.99. The maximum absolute atomic E-state index is 14.2. The summed E-state index contributed by atoms with van der Waals surface area (Å²) in [6.07, 6.45) is 1.26. The third-order valence-corrected chi connectivity index (χ3v) is 6.49. The molecule has 0 saturated carbocycles. The average molecular weight is 498 g/mol. The molecule has 0 bridgehead atoms. The van der Waals surface area contributed by atoms with Crippen LogP contribution in [0.5, 0.6) is 0 Å². The van der Waals surface area contributed by atoms with Crippen LogP contribution in [0, 0.1) is 5.82 Å². The second-order valence-corrected chi connectivity index (χ2v) is 9.95. The monoisotopic (exact) mass is 497 g/mol. The minimum absolute atomic E-state index is 0.0230. The minimum Gasteiger partial charge on any atom is -0.355 e. The summed E-state index contributed by atoms with van der Waals surface area (Å²) in [5.41, 5.74) is 0.690. The van der Waals surface area contributed by atoms with Crippen LogP contribution in [0.25, 0.3) is 0 Å². The van der Waals surface area contributed by atoms with Crippen molar-refractivity contribution >= 4 is 39.1 Å². The number of hydrogen-bond donors (Lipinski definition) is 1. The molecule has 7 nitrogen and oxygen atoms in total. The molecular weight excluding hydrogens is 469 g/mol. The highest BCUT2D eigenvalue weighted by atomic mass is 35.5. The zero-order valence-electron chi connectivity index (χ0n) is 18.9. The van der Waals surface area contributed by atoms with Crippen LogP contribution >= 0.6 is 11.6 Å². The molecule has 2 amide bonds. The van der Waals surface area contributed by atoms with Gasteiger partial charge in [-0.2, -0.15) is 0 Å². The smallest absolute Gasteiger partial charge is 0.242 e. The Morgan fingerprint density at radius 3 is 2.45 bits per heavy atom. The lowest BCUT2D eigenvalue weighted by atomic mass is 10.1. The summed E-state index contributed by atoms with van der Waals surface area (Å²) in [4.78, 5) is 26.8. The molecular formula is C23H29ClFN3O4S. The fourth-order valence-corrected chi connectivity index (χ4v) is 4.49. The molecule has 0 aliphatic rings. The van der Waals surface area contributed by atoms with E-state index in [1.807, 2.05) is 0 Å². The number of hydrogen-bond acceptors (Lipinski definition) is 4. The van der Waals surface area contributed by atoms with Gasteiger partial charge in [0.1, 0.15) is 11.9 Å². The molecule has 180 valence electrons. The van der Waals surface area contributed by atoms with Crippen molar-refractivity contribution in [2.24, 2.45) is 0 Å². The van der Waals surface area contributed by atoms with Gasteiger partial charge in [-0.15, -0.1) is 0 Å². The Kier molecular flexibility index (Phi) is 9.67. The number of anilines is 1. The van der Waals surface area contributed by atoms with E-state index < -0.39 is 21.9 Å². The molecule has 0 saturated heterocycles. The number of sulfonamides is 1. The van der Waals surface area contributed by atoms with E-state index in [1.54, 1.807) is 50.2 Å². The Balaban J connectivity index is 2.16. The summed E-state index contributed by atoms with van der Waals surface area (Å²) < 4.78 is 40.0. The number of likely N-dealkylation sites (N-methyl/N-ethyl adjacent to an activating group) is 1. The SMILES string of the molecule is CCNC(=O)[C@@H](C)N(Cc1ccccc1F)C(=O)CCCN(c1cccc(Cl)c1)S(C)(=O)=O. The van der Waals surface area contributed by atoms with Gasteiger partial charge in [0.15, 0.2) is 0 Å². The van der Waals surface area contributed by atoms with Crippen molar-refractivity contribution in [3.63, 3.8) is 0 Å². The Labute approximate surface area is 199 Å². The molecule has 1 atom stereocenters.